The molecule has 0 unspecified atom stereocenters. The number of anilines is 1. The Kier molecular flexibility index (Phi) is 8.79. The van der Waals surface area contributed by atoms with E-state index in [4.69, 9.17) is 15.2 Å². The second-order valence-corrected chi connectivity index (χ2v) is 10.5. The quantitative estimate of drug-likeness (QED) is 0.414. The van der Waals surface area contributed by atoms with E-state index in [-0.39, 0.29) is 11.3 Å². The molecule has 2 aromatic carbocycles. The molecule has 0 aliphatic carbocycles. The van der Waals surface area contributed by atoms with E-state index in [1.807, 2.05) is 30.3 Å². The van der Waals surface area contributed by atoms with Crippen molar-refractivity contribution in [2.24, 2.45) is 0 Å². The van der Waals surface area contributed by atoms with Crippen molar-refractivity contribution in [2.75, 3.05) is 45.1 Å². The number of hydrogen-bond acceptors (Lipinski definition) is 6. The average molecular weight is 503 g/mol. The largest absolute Gasteiger partial charge is 0.472 e. The molecule has 0 atom stereocenters. The standard InChI is InChI=1S/C30H38N4O3/c1-30(2,3)25-11-5-22(6-12-25)21-37-29-26(13-14-27(31)33-29)23-7-9-24(10-8-23)28(35)32-15-4-16-34-17-19-36-20-18-34/h5-14H,4,15-21H2,1-3H3,(H2,31,33)(H,32,35). The first-order chi connectivity index (χ1) is 17.8. The minimum absolute atomic E-state index is 0.0702. The minimum atomic E-state index is -0.0702. The molecule has 7 nitrogen and oxygen atoms in total. The first-order valence-electron chi connectivity index (χ1n) is 13.0. The van der Waals surface area contributed by atoms with E-state index in [9.17, 15) is 4.79 Å². The van der Waals surface area contributed by atoms with Crippen LogP contribution in [0.25, 0.3) is 11.1 Å². The molecule has 2 heterocycles. The predicted molar refractivity (Wildman–Crippen MR) is 148 cm³/mol. The van der Waals surface area contributed by atoms with Gasteiger partial charge in [0.05, 0.1) is 13.2 Å². The van der Waals surface area contributed by atoms with E-state index >= 15 is 0 Å². The summed E-state index contributed by atoms with van der Waals surface area (Å²) in [6.45, 7) is 12.1. The van der Waals surface area contributed by atoms with Crippen molar-refractivity contribution in [2.45, 2.75) is 39.2 Å². The Morgan fingerprint density at radius 1 is 1.03 bits per heavy atom. The van der Waals surface area contributed by atoms with E-state index in [0.29, 0.717) is 30.4 Å². The number of morpholine rings is 1. The molecule has 0 spiro atoms. The SMILES string of the molecule is CC(C)(C)c1ccc(COc2nc(N)ccc2-c2ccc(C(=O)NCCCN3CCOCC3)cc2)cc1. The van der Waals surface area contributed by atoms with Crippen molar-refractivity contribution >= 4 is 11.7 Å². The Morgan fingerprint density at radius 3 is 2.41 bits per heavy atom. The molecule has 7 heteroatoms. The van der Waals surface area contributed by atoms with Gasteiger partial charge >= 0.3 is 0 Å². The van der Waals surface area contributed by atoms with Crippen LogP contribution < -0.4 is 15.8 Å². The molecule has 4 rings (SSSR count). The number of amides is 1. The van der Waals surface area contributed by atoms with Gasteiger partial charge in [0.1, 0.15) is 12.4 Å². The van der Waals surface area contributed by atoms with Gasteiger partial charge in [-0.3, -0.25) is 9.69 Å². The number of nitrogens with two attached hydrogens (primary N) is 1. The third-order valence-corrected chi connectivity index (χ3v) is 6.58. The second kappa shape index (κ2) is 12.2. The number of hydrogen-bond donors (Lipinski definition) is 2. The number of aromatic nitrogens is 1. The van der Waals surface area contributed by atoms with Crippen LogP contribution in [0.4, 0.5) is 5.82 Å². The molecule has 1 aliphatic rings. The number of nitrogens with zero attached hydrogens (tertiary/aromatic N) is 2. The van der Waals surface area contributed by atoms with Crippen LogP contribution in [0.15, 0.2) is 60.7 Å². The highest BCUT2D eigenvalue weighted by Crippen LogP contribution is 2.30. The molecule has 3 aromatic rings. The summed E-state index contributed by atoms with van der Waals surface area (Å²) >= 11 is 0. The predicted octanol–water partition coefficient (Wildman–Crippen LogP) is 4.66. The molecule has 1 fully saturated rings. The highest BCUT2D eigenvalue weighted by atomic mass is 16.5. The van der Waals surface area contributed by atoms with Gasteiger partial charge in [-0.2, -0.15) is 4.98 Å². The lowest BCUT2D eigenvalue weighted by atomic mass is 9.87. The number of carbonyl (C=O) groups is 1. The maximum Gasteiger partial charge on any atom is 0.251 e. The van der Waals surface area contributed by atoms with Crippen LogP contribution in [0.3, 0.4) is 0 Å². The molecule has 0 saturated carbocycles. The zero-order valence-electron chi connectivity index (χ0n) is 22.1. The summed E-state index contributed by atoms with van der Waals surface area (Å²) in [6, 6.07) is 19.6. The minimum Gasteiger partial charge on any atom is -0.472 e. The lowest BCUT2D eigenvalue weighted by molar-refractivity contribution is 0.0374. The normalized spacial score (nSPS) is 14.4. The van der Waals surface area contributed by atoms with Crippen molar-refractivity contribution < 1.29 is 14.3 Å². The Balaban J connectivity index is 1.35. The summed E-state index contributed by atoms with van der Waals surface area (Å²) in [6.07, 6.45) is 0.917. The van der Waals surface area contributed by atoms with E-state index in [0.717, 1.165) is 56.0 Å². The van der Waals surface area contributed by atoms with Crippen LogP contribution in [-0.2, 0) is 16.8 Å². The smallest absolute Gasteiger partial charge is 0.251 e. The van der Waals surface area contributed by atoms with Gasteiger partial charge in [0, 0.05) is 30.8 Å². The van der Waals surface area contributed by atoms with E-state index in [1.54, 1.807) is 6.07 Å². The van der Waals surface area contributed by atoms with Gasteiger partial charge in [0.2, 0.25) is 5.88 Å². The van der Waals surface area contributed by atoms with Crippen molar-refractivity contribution in [3.8, 4) is 17.0 Å². The molecule has 196 valence electrons. The van der Waals surface area contributed by atoms with Crippen LogP contribution in [0, 0.1) is 0 Å². The Bertz CT molecular complexity index is 1160. The lowest BCUT2D eigenvalue weighted by Gasteiger charge is -2.26. The molecule has 0 bridgehead atoms. The Morgan fingerprint density at radius 2 is 1.73 bits per heavy atom. The summed E-state index contributed by atoms with van der Waals surface area (Å²) in [7, 11) is 0. The molecule has 3 N–H and O–H groups in total. The number of pyridine rings is 1. The lowest BCUT2D eigenvalue weighted by Crippen LogP contribution is -2.38. The molecule has 1 amide bonds. The maximum absolute atomic E-state index is 12.6. The fourth-order valence-corrected chi connectivity index (χ4v) is 4.27. The monoisotopic (exact) mass is 502 g/mol. The molecule has 0 radical (unpaired) electrons. The second-order valence-electron chi connectivity index (χ2n) is 10.5. The third kappa shape index (κ3) is 7.54. The van der Waals surface area contributed by atoms with Gasteiger partial charge in [0.15, 0.2) is 0 Å². The fourth-order valence-electron chi connectivity index (χ4n) is 4.27. The van der Waals surface area contributed by atoms with Crippen LogP contribution in [-0.4, -0.2) is 55.2 Å². The number of carbonyl (C=O) groups excluding carboxylic acids is 1. The first kappa shape index (κ1) is 26.6. The number of nitrogen functional groups attached to an aromatic ring is 1. The zero-order chi connectivity index (χ0) is 26.3. The van der Waals surface area contributed by atoms with Gasteiger partial charge in [-0.25, -0.2) is 0 Å². The number of nitrogens with one attached hydrogen (secondary N) is 1. The number of rotatable bonds is 9. The van der Waals surface area contributed by atoms with Gasteiger partial charge in [-0.15, -0.1) is 0 Å². The topological polar surface area (TPSA) is 89.7 Å². The van der Waals surface area contributed by atoms with Gasteiger partial charge in [0.25, 0.3) is 5.91 Å². The highest BCUT2D eigenvalue weighted by molar-refractivity contribution is 5.94. The van der Waals surface area contributed by atoms with E-state index < -0.39 is 0 Å². The molecule has 1 saturated heterocycles. The van der Waals surface area contributed by atoms with Crippen LogP contribution in [0.5, 0.6) is 5.88 Å². The van der Waals surface area contributed by atoms with Crippen LogP contribution in [0.2, 0.25) is 0 Å². The number of ether oxygens (including phenoxy) is 2. The zero-order valence-corrected chi connectivity index (χ0v) is 22.1. The van der Waals surface area contributed by atoms with Crippen molar-refractivity contribution in [3.05, 3.63) is 77.4 Å². The summed E-state index contributed by atoms with van der Waals surface area (Å²) in [5.41, 5.74) is 10.8. The summed E-state index contributed by atoms with van der Waals surface area (Å²) < 4.78 is 11.5. The summed E-state index contributed by atoms with van der Waals surface area (Å²) in [5, 5.41) is 3.02. The van der Waals surface area contributed by atoms with Gasteiger partial charge < -0.3 is 20.5 Å². The fraction of sp³-hybridized carbons (Fsp3) is 0.400. The van der Waals surface area contributed by atoms with E-state index in [1.165, 1.54) is 5.56 Å². The van der Waals surface area contributed by atoms with Crippen molar-refractivity contribution in [1.29, 1.82) is 0 Å². The Hall–Kier alpha value is -3.42. The van der Waals surface area contributed by atoms with Crippen molar-refractivity contribution in [3.63, 3.8) is 0 Å². The summed E-state index contributed by atoms with van der Waals surface area (Å²) in [5.74, 6) is 0.800. The highest BCUT2D eigenvalue weighted by Gasteiger charge is 2.15. The van der Waals surface area contributed by atoms with E-state index in [2.05, 4.69) is 60.2 Å². The first-order valence-corrected chi connectivity index (χ1v) is 13.0. The van der Waals surface area contributed by atoms with Crippen molar-refractivity contribution in [1.82, 2.24) is 15.2 Å². The molecular weight excluding hydrogens is 464 g/mol. The third-order valence-electron chi connectivity index (χ3n) is 6.58. The molecular formula is C30H38N4O3. The number of benzene rings is 2. The molecule has 1 aromatic heterocycles. The van der Waals surface area contributed by atoms with Crippen LogP contribution >= 0.6 is 0 Å². The molecule has 37 heavy (non-hydrogen) atoms. The van der Waals surface area contributed by atoms with Gasteiger partial charge in [-0.1, -0.05) is 57.2 Å². The van der Waals surface area contributed by atoms with Gasteiger partial charge in [-0.05, 0) is 59.3 Å². The molecule has 1 aliphatic heterocycles. The van der Waals surface area contributed by atoms with Crippen LogP contribution in [0.1, 0.15) is 48.7 Å². The average Bonchev–Trinajstić information content (AvgIpc) is 2.90. The Labute approximate surface area is 220 Å². The maximum atomic E-state index is 12.6. The summed E-state index contributed by atoms with van der Waals surface area (Å²) in [4.78, 5) is 19.4.